The van der Waals surface area contributed by atoms with Gasteiger partial charge < -0.3 is 39.5 Å². The number of aliphatic carboxylic acids is 4. The molecule has 0 aliphatic carbocycles. The van der Waals surface area contributed by atoms with E-state index in [1.807, 2.05) is 0 Å². The van der Waals surface area contributed by atoms with E-state index in [0.717, 1.165) is 0 Å². The van der Waals surface area contributed by atoms with Gasteiger partial charge in [-0.05, 0) is 37.3 Å². The van der Waals surface area contributed by atoms with Crippen LogP contribution >= 0.6 is 24.4 Å². The molecule has 0 aromatic heterocycles. The van der Waals surface area contributed by atoms with Gasteiger partial charge in [-0.1, -0.05) is 0 Å². The fraction of sp³-hybridized carbons (Fsp3) is 0.571. The molecule has 0 rings (SSSR count). The third-order valence-electron chi connectivity index (χ3n) is 2.22. The van der Waals surface area contributed by atoms with Crippen LogP contribution < -0.4 is 10.2 Å². The van der Waals surface area contributed by atoms with Crippen molar-refractivity contribution in [3.05, 3.63) is 0 Å². The number of hydrogen-bond donors (Lipinski definition) is 2. The zero-order valence-electron chi connectivity index (χ0n) is 14.3. The number of ether oxygens (including phenoxy) is 2. The van der Waals surface area contributed by atoms with Crippen molar-refractivity contribution < 1.29 is 49.1 Å². The maximum absolute atomic E-state index is 10.0. The predicted molar refractivity (Wildman–Crippen MR) is 95.8 cm³/mol. The van der Waals surface area contributed by atoms with E-state index in [4.69, 9.17) is 19.7 Å². The molecule has 148 valence electrons. The van der Waals surface area contributed by atoms with Crippen LogP contribution in [-0.4, -0.2) is 95.1 Å². The summed E-state index contributed by atoms with van der Waals surface area (Å²) in [5.74, 6) is -4.38. The summed E-state index contributed by atoms with van der Waals surface area (Å²) >= 11 is 9.24. The number of carbonyl (C=O) groups is 4. The molecule has 0 saturated heterocycles. The van der Waals surface area contributed by atoms with Gasteiger partial charge in [0.1, 0.15) is 0 Å². The Bertz CT molecular complexity index is 478. The molecule has 2 N–H and O–H groups in total. The van der Waals surface area contributed by atoms with Gasteiger partial charge in [-0.15, -0.1) is 0 Å². The number of carbonyl (C=O) groups excluding carboxylic acids is 2. The summed E-state index contributed by atoms with van der Waals surface area (Å²) in [6, 6.07) is 0. The van der Waals surface area contributed by atoms with Crippen molar-refractivity contribution in [1.82, 2.24) is 0 Å². The third kappa shape index (κ3) is 29.9. The van der Waals surface area contributed by atoms with E-state index in [0.29, 0.717) is 0 Å². The molecule has 0 atom stereocenters. The molecule has 0 amide bonds. The Morgan fingerprint density at radius 3 is 1.19 bits per heavy atom. The summed E-state index contributed by atoms with van der Waals surface area (Å²) in [7, 11) is 0. The Morgan fingerprint density at radius 2 is 0.963 bits per heavy atom. The van der Waals surface area contributed by atoms with Crippen LogP contribution in [0.15, 0.2) is 0 Å². The molecule has 0 heterocycles. The molecule has 10 nitrogen and oxygen atoms in total. The number of carboxylic acids is 4. The van der Waals surface area contributed by atoms with Crippen molar-refractivity contribution in [3.63, 3.8) is 0 Å². The Labute approximate surface area is 195 Å². The SMILES string of the molecule is O=C([O-])CCC(=S)OCCC(=O)O.O=C([O-])CCC(=S)OCCC(=O)O.[Ca+2]. The van der Waals surface area contributed by atoms with E-state index in [1.165, 1.54) is 0 Å². The minimum Gasteiger partial charge on any atom is -0.550 e. The van der Waals surface area contributed by atoms with Crippen molar-refractivity contribution in [1.29, 1.82) is 0 Å². The molecule has 13 heteroatoms. The second kappa shape index (κ2) is 19.7. The van der Waals surface area contributed by atoms with Crippen LogP contribution in [0, 0.1) is 0 Å². The Kier molecular flexibility index (Phi) is 22.3. The minimum absolute atomic E-state index is 0. The van der Waals surface area contributed by atoms with Gasteiger partial charge in [0, 0.05) is 24.8 Å². The summed E-state index contributed by atoms with van der Waals surface area (Å²) in [5.41, 5.74) is 0. The Hall–Kier alpha value is -1.08. The summed E-state index contributed by atoms with van der Waals surface area (Å²) in [4.78, 5) is 40.0. The standard InChI is InChI=1S/2C7H10O5S.Ca/c2*8-5(9)1-2-7(13)12-4-3-6(10)11;/h2*1-4H2,(H,8,9)(H,10,11);/q;;+2/p-2. The number of rotatable bonds is 12. The molecule has 0 aliphatic heterocycles. The number of thiocarbonyl (C=S) groups is 2. The molecule has 27 heavy (non-hydrogen) atoms. The van der Waals surface area contributed by atoms with Crippen molar-refractivity contribution >= 4 is 96.2 Å². The van der Waals surface area contributed by atoms with Crippen molar-refractivity contribution in [2.24, 2.45) is 0 Å². The first-order valence-corrected chi connectivity index (χ1v) is 8.00. The molecule has 0 aromatic rings. The molecule has 0 saturated carbocycles. The van der Waals surface area contributed by atoms with Crippen molar-refractivity contribution in [2.75, 3.05) is 13.2 Å². The second-order valence-electron chi connectivity index (χ2n) is 4.47. The minimum atomic E-state index is -1.20. The first-order chi connectivity index (χ1) is 12.0. The van der Waals surface area contributed by atoms with Gasteiger partial charge in [0.05, 0.1) is 26.1 Å². The first kappa shape index (κ1) is 30.6. The van der Waals surface area contributed by atoms with Gasteiger partial charge in [0.25, 0.3) is 0 Å². The van der Waals surface area contributed by atoms with Crippen LogP contribution in [0.2, 0.25) is 0 Å². The fourth-order valence-corrected chi connectivity index (χ4v) is 1.43. The van der Waals surface area contributed by atoms with Gasteiger partial charge in [-0.2, -0.15) is 0 Å². The van der Waals surface area contributed by atoms with Gasteiger partial charge in [-0.25, -0.2) is 0 Å². The van der Waals surface area contributed by atoms with Crippen LogP contribution in [0.5, 0.6) is 0 Å². The van der Waals surface area contributed by atoms with Crippen LogP contribution in [0.4, 0.5) is 0 Å². The Morgan fingerprint density at radius 1 is 0.667 bits per heavy atom. The molecular formula is C14H18CaO10S2. The molecule has 0 radical (unpaired) electrons. The molecule has 0 bridgehead atoms. The van der Waals surface area contributed by atoms with E-state index < -0.39 is 23.9 Å². The smallest absolute Gasteiger partial charge is 0.550 e. The average molecular weight is 451 g/mol. The zero-order chi connectivity index (χ0) is 20.5. The predicted octanol–water partition coefficient (Wildman–Crippen LogP) is -1.71. The number of hydrogen-bond acceptors (Lipinski definition) is 10. The third-order valence-corrected chi connectivity index (χ3v) is 2.87. The van der Waals surface area contributed by atoms with E-state index in [2.05, 4.69) is 24.4 Å². The molecular weight excluding hydrogens is 432 g/mol. The van der Waals surface area contributed by atoms with E-state index in [-0.39, 0.29) is 99.6 Å². The van der Waals surface area contributed by atoms with Gasteiger partial charge in [0.2, 0.25) is 0 Å². The summed E-state index contributed by atoms with van der Waals surface area (Å²) < 4.78 is 9.53. The number of carboxylic acid groups (broad SMARTS) is 4. The molecule has 0 aromatic carbocycles. The summed E-state index contributed by atoms with van der Waals surface area (Å²) in [5, 5.41) is 36.6. The normalized spacial score (nSPS) is 8.89. The molecule has 0 aliphatic rings. The summed E-state index contributed by atoms with van der Waals surface area (Å²) in [6.45, 7) is -0.0531. The van der Waals surface area contributed by atoms with Crippen LogP contribution in [0.3, 0.4) is 0 Å². The first-order valence-electron chi connectivity index (χ1n) is 7.19. The molecule has 0 unspecified atom stereocenters. The van der Waals surface area contributed by atoms with E-state index in [9.17, 15) is 29.4 Å². The maximum Gasteiger partial charge on any atom is 2.00 e. The van der Waals surface area contributed by atoms with E-state index >= 15 is 0 Å². The van der Waals surface area contributed by atoms with Gasteiger partial charge in [-0.3, -0.25) is 9.59 Å². The van der Waals surface area contributed by atoms with Crippen LogP contribution in [0.1, 0.15) is 38.5 Å². The zero-order valence-corrected chi connectivity index (χ0v) is 18.2. The largest absolute Gasteiger partial charge is 2.00 e. The average Bonchev–Trinajstić information content (AvgIpc) is 2.51. The Balaban J connectivity index is -0.000000411. The van der Waals surface area contributed by atoms with Crippen LogP contribution in [0.25, 0.3) is 0 Å². The summed E-state index contributed by atoms with van der Waals surface area (Å²) in [6.07, 6.45) is -0.538. The van der Waals surface area contributed by atoms with Crippen LogP contribution in [-0.2, 0) is 28.7 Å². The maximum atomic E-state index is 10.0. The monoisotopic (exact) mass is 450 g/mol. The van der Waals surface area contributed by atoms with Crippen molar-refractivity contribution in [3.8, 4) is 0 Å². The fourth-order valence-electron chi connectivity index (χ4n) is 1.06. The molecule has 0 spiro atoms. The van der Waals surface area contributed by atoms with Gasteiger partial charge >= 0.3 is 49.7 Å². The second-order valence-corrected chi connectivity index (χ2v) is 5.38. The van der Waals surface area contributed by atoms with Gasteiger partial charge in [0.15, 0.2) is 10.1 Å². The quantitative estimate of drug-likeness (QED) is 0.255. The molecule has 0 fully saturated rings. The van der Waals surface area contributed by atoms with E-state index in [1.54, 1.807) is 0 Å². The topological polar surface area (TPSA) is 173 Å². The van der Waals surface area contributed by atoms with Crippen molar-refractivity contribution in [2.45, 2.75) is 38.5 Å².